The summed E-state index contributed by atoms with van der Waals surface area (Å²) in [4.78, 5) is 16.0. The number of piperidine rings is 1. The standard InChI is InChI=1S/C14H28N2O/c1-5-8-14(2,12-17)11-16-9-6-7-13(10-16)15(3)4/h12-13H,5-11H2,1-4H3. The lowest BCUT2D eigenvalue weighted by atomic mass is 9.86. The maximum Gasteiger partial charge on any atom is 0.127 e. The molecule has 2 atom stereocenters. The van der Waals surface area contributed by atoms with Crippen LogP contribution in [0.1, 0.15) is 39.5 Å². The van der Waals surface area contributed by atoms with Gasteiger partial charge in [0.1, 0.15) is 6.29 Å². The monoisotopic (exact) mass is 240 g/mol. The molecule has 0 aromatic carbocycles. The summed E-state index contributed by atoms with van der Waals surface area (Å²) in [6.45, 7) is 7.44. The normalized spacial score (nSPS) is 25.8. The fourth-order valence-electron chi connectivity index (χ4n) is 2.85. The van der Waals surface area contributed by atoms with Crippen LogP contribution < -0.4 is 0 Å². The van der Waals surface area contributed by atoms with E-state index in [1.165, 1.54) is 12.8 Å². The van der Waals surface area contributed by atoms with Crippen molar-refractivity contribution in [2.75, 3.05) is 33.7 Å². The minimum Gasteiger partial charge on any atom is -0.305 e. The fourth-order valence-corrected chi connectivity index (χ4v) is 2.85. The van der Waals surface area contributed by atoms with Crippen molar-refractivity contribution in [2.45, 2.75) is 45.6 Å². The van der Waals surface area contributed by atoms with Crippen LogP contribution >= 0.6 is 0 Å². The molecular formula is C14H28N2O. The van der Waals surface area contributed by atoms with Gasteiger partial charge in [-0.15, -0.1) is 0 Å². The Morgan fingerprint density at radius 2 is 2.18 bits per heavy atom. The van der Waals surface area contributed by atoms with Gasteiger partial charge in [0.05, 0.1) is 0 Å². The average molecular weight is 240 g/mol. The van der Waals surface area contributed by atoms with Gasteiger partial charge < -0.3 is 14.6 Å². The summed E-state index contributed by atoms with van der Waals surface area (Å²) in [6, 6.07) is 0.654. The molecule has 17 heavy (non-hydrogen) atoms. The molecule has 100 valence electrons. The Kier molecular flexibility index (Phi) is 5.60. The smallest absolute Gasteiger partial charge is 0.127 e. The van der Waals surface area contributed by atoms with E-state index >= 15 is 0 Å². The number of aldehydes is 1. The Balaban J connectivity index is 2.52. The van der Waals surface area contributed by atoms with Crippen LogP contribution in [0.25, 0.3) is 0 Å². The molecule has 0 aromatic rings. The Labute approximate surface area is 106 Å². The topological polar surface area (TPSA) is 23.6 Å². The second-order valence-electron chi connectivity index (χ2n) is 6.02. The molecule has 0 amide bonds. The highest BCUT2D eigenvalue weighted by atomic mass is 16.1. The molecule has 1 saturated heterocycles. The summed E-state index contributed by atoms with van der Waals surface area (Å²) in [7, 11) is 4.30. The van der Waals surface area contributed by atoms with Crippen LogP contribution in [0, 0.1) is 5.41 Å². The predicted octanol–water partition coefficient (Wildman–Crippen LogP) is 2.02. The van der Waals surface area contributed by atoms with E-state index in [4.69, 9.17) is 0 Å². The van der Waals surface area contributed by atoms with E-state index < -0.39 is 0 Å². The quantitative estimate of drug-likeness (QED) is 0.664. The molecule has 1 rings (SSSR count). The van der Waals surface area contributed by atoms with Crippen molar-refractivity contribution in [2.24, 2.45) is 5.41 Å². The lowest BCUT2D eigenvalue weighted by molar-refractivity contribution is -0.117. The third kappa shape index (κ3) is 4.40. The molecule has 0 aliphatic carbocycles. The van der Waals surface area contributed by atoms with Crippen molar-refractivity contribution in [1.82, 2.24) is 9.80 Å². The van der Waals surface area contributed by atoms with Gasteiger partial charge in [0.2, 0.25) is 0 Å². The zero-order chi connectivity index (χ0) is 12.9. The molecule has 1 heterocycles. The van der Waals surface area contributed by atoms with E-state index in [1.807, 2.05) is 0 Å². The van der Waals surface area contributed by atoms with E-state index in [2.05, 4.69) is 37.7 Å². The zero-order valence-corrected chi connectivity index (χ0v) is 11.9. The number of hydrogen-bond donors (Lipinski definition) is 0. The summed E-state index contributed by atoms with van der Waals surface area (Å²) in [6.07, 6.45) is 5.79. The maximum atomic E-state index is 11.3. The van der Waals surface area contributed by atoms with E-state index in [9.17, 15) is 4.79 Å². The Bertz CT molecular complexity index is 242. The highest BCUT2D eigenvalue weighted by molar-refractivity contribution is 5.59. The Hall–Kier alpha value is -0.410. The largest absolute Gasteiger partial charge is 0.305 e. The minimum atomic E-state index is -0.150. The van der Waals surface area contributed by atoms with Gasteiger partial charge in [-0.25, -0.2) is 0 Å². The van der Waals surface area contributed by atoms with Crippen molar-refractivity contribution >= 4 is 6.29 Å². The molecular weight excluding hydrogens is 212 g/mol. The van der Waals surface area contributed by atoms with Crippen LogP contribution in [0.4, 0.5) is 0 Å². The number of carbonyl (C=O) groups is 1. The lowest BCUT2D eigenvalue weighted by Crippen LogP contribution is -2.48. The summed E-state index contributed by atoms with van der Waals surface area (Å²) in [5.74, 6) is 0. The molecule has 0 aromatic heterocycles. The van der Waals surface area contributed by atoms with Gasteiger partial charge in [0.25, 0.3) is 0 Å². The molecule has 1 fully saturated rings. The van der Waals surface area contributed by atoms with Crippen LogP contribution in [0.2, 0.25) is 0 Å². The lowest BCUT2D eigenvalue weighted by Gasteiger charge is -2.39. The molecule has 2 unspecified atom stereocenters. The van der Waals surface area contributed by atoms with E-state index in [0.717, 1.165) is 38.8 Å². The average Bonchev–Trinajstić information content (AvgIpc) is 2.29. The first-order valence-electron chi connectivity index (χ1n) is 6.86. The van der Waals surface area contributed by atoms with Crippen LogP contribution in [0.15, 0.2) is 0 Å². The van der Waals surface area contributed by atoms with Crippen LogP contribution in [0.3, 0.4) is 0 Å². The molecule has 1 aliphatic heterocycles. The number of carbonyl (C=O) groups excluding carboxylic acids is 1. The second-order valence-corrected chi connectivity index (χ2v) is 6.02. The number of hydrogen-bond acceptors (Lipinski definition) is 3. The van der Waals surface area contributed by atoms with Gasteiger partial charge in [0, 0.05) is 24.5 Å². The van der Waals surface area contributed by atoms with Gasteiger partial charge in [-0.05, 0) is 39.9 Å². The molecule has 0 spiro atoms. The van der Waals surface area contributed by atoms with Crippen LogP contribution in [-0.2, 0) is 4.79 Å². The highest BCUT2D eigenvalue weighted by Crippen LogP contribution is 2.24. The summed E-state index contributed by atoms with van der Waals surface area (Å²) in [5, 5.41) is 0. The highest BCUT2D eigenvalue weighted by Gasteiger charge is 2.29. The van der Waals surface area contributed by atoms with Gasteiger partial charge in [-0.3, -0.25) is 0 Å². The molecule has 3 nitrogen and oxygen atoms in total. The Morgan fingerprint density at radius 1 is 1.47 bits per heavy atom. The summed E-state index contributed by atoms with van der Waals surface area (Å²) in [5.41, 5.74) is -0.150. The van der Waals surface area contributed by atoms with Gasteiger partial charge >= 0.3 is 0 Å². The van der Waals surface area contributed by atoms with E-state index in [1.54, 1.807) is 0 Å². The first-order chi connectivity index (χ1) is 8.00. The molecule has 0 radical (unpaired) electrons. The van der Waals surface area contributed by atoms with Gasteiger partial charge in [0.15, 0.2) is 0 Å². The second kappa shape index (κ2) is 6.50. The maximum absolute atomic E-state index is 11.3. The summed E-state index contributed by atoms with van der Waals surface area (Å²) >= 11 is 0. The van der Waals surface area contributed by atoms with Gasteiger partial charge in [-0.1, -0.05) is 20.3 Å². The van der Waals surface area contributed by atoms with Crippen LogP contribution in [-0.4, -0.2) is 55.9 Å². The van der Waals surface area contributed by atoms with Crippen molar-refractivity contribution < 1.29 is 4.79 Å². The van der Waals surface area contributed by atoms with Crippen molar-refractivity contribution in [3.63, 3.8) is 0 Å². The SMILES string of the molecule is CCCC(C)(C=O)CN1CCCC(N(C)C)C1. The fraction of sp³-hybridized carbons (Fsp3) is 0.929. The molecule has 0 N–H and O–H groups in total. The minimum absolute atomic E-state index is 0.150. The third-order valence-electron chi connectivity index (χ3n) is 3.90. The number of likely N-dealkylation sites (N-methyl/N-ethyl adjacent to an activating group) is 1. The molecule has 1 aliphatic rings. The van der Waals surface area contributed by atoms with Crippen molar-refractivity contribution in [1.29, 1.82) is 0 Å². The van der Waals surface area contributed by atoms with Crippen LogP contribution in [0.5, 0.6) is 0 Å². The van der Waals surface area contributed by atoms with Gasteiger partial charge in [-0.2, -0.15) is 0 Å². The summed E-state index contributed by atoms with van der Waals surface area (Å²) < 4.78 is 0. The first-order valence-corrected chi connectivity index (χ1v) is 6.86. The molecule has 0 bridgehead atoms. The number of nitrogens with zero attached hydrogens (tertiary/aromatic N) is 2. The predicted molar refractivity (Wildman–Crippen MR) is 72.2 cm³/mol. The van der Waals surface area contributed by atoms with E-state index in [0.29, 0.717) is 6.04 Å². The third-order valence-corrected chi connectivity index (χ3v) is 3.90. The number of likely N-dealkylation sites (tertiary alicyclic amines) is 1. The van der Waals surface area contributed by atoms with Crippen molar-refractivity contribution in [3.05, 3.63) is 0 Å². The Morgan fingerprint density at radius 3 is 2.71 bits per heavy atom. The first kappa shape index (κ1) is 14.7. The van der Waals surface area contributed by atoms with Crippen molar-refractivity contribution in [3.8, 4) is 0 Å². The zero-order valence-electron chi connectivity index (χ0n) is 11.9. The molecule has 3 heteroatoms. The number of rotatable bonds is 6. The molecule has 0 saturated carbocycles. The van der Waals surface area contributed by atoms with E-state index in [-0.39, 0.29) is 5.41 Å².